The van der Waals surface area contributed by atoms with E-state index >= 15 is 0 Å². The minimum atomic E-state index is -0.243. The second-order valence-electron chi connectivity index (χ2n) is 3.36. The van der Waals surface area contributed by atoms with Crippen LogP contribution >= 0.6 is 15.9 Å². The molecule has 0 spiro atoms. The van der Waals surface area contributed by atoms with Crippen LogP contribution < -0.4 is 5.32 Å². The van der Waals surface area contributed by atoms with Crippen molar-refractivity contribution >= 4 is 21.8 Å². The highest BCUT2D eigenvalue weighted by Gasteiger charge is 2.16. The predicted molar refractivity (Wildman–Crippen MR) is 58.1 cm³/mol. The maximum Gasteiger partial charge on any atom is 0.129 e. The van der Waals surface area contributed by atoms with Gasteiger partial charge < -0.3 is 5.32 Å². The molecule has 2 rings (SSSR count). The summed E-state index contributed by atoms with van der Waals surface area (Å²) in [4.78, 5) is 4.33. The van der Waals surface area contributed by atoms with E-state index in [-0.39, 0.29) is 5.82 Å². The van der Waals surface area contributed by atoms with E-state index in [1.807, 2.05) is 0 Å². The maximum absolute atomic E-state index is 12.8. The second kappa shape index (κ2) is 3.69. The molecule has 0 aliphatic carbocycles. The van der Waals surface area contributed by atoms with Crippen molar-refractivity contribution in [3.05, 3.63) is 34.1 Å². The molecule has 1 aromatic rings. The van der Waals surface area contributed by atoms with E-state index in [1.54, 1.807) is 6.07 Å². The first-order valence-corrected chi connectivity index (χ1v) is 5.22. The smallest absolute Gasteiger partial charge is 0.129 e. The van der Waals surface area contributed by atoms with Crippen LogP contribution in [0, 0.1) is 5.82 Å². The molecule has 0 saturated heterocycles. The normalized spacial score (nSPS) is 20.5. The molecule has 1 unspecified atom stereocenters. The van der Waals surface area contributed by atoms with Crippen LogP contribution in [0.2, 0.25) is 0 Å². The van der Waals surface area contributed by atoms with Gasteiger partial charge in [0.05, 0.1) is 6.54 Å². The van der Waals surface area contributed by atoms with Gasteiger partial charge in [0.1, 0.15) is 11.7 Å². The summed E-state index contributed by atoms with van der Waals surface area (Å²) in [6, 6.07) is 4.97. The Balaban J connectivity index is 2.33. The van der Waals surface area contributed by atoms with Gasteiger partial charge in [0.15, 0.2) is 0 Å². The molecule has 1 aromatic carbocycles. The summed E-state index contributed by atoms with van der Waals surface area (Å²) < 4.78 is 13.6. The number of benzene rings is 1. The first kappa shape index (κ1) is 9.65. The van der Waals surface area contributed by atoms with Crippen molar-refractivity contribution in [2.24, 2.45) is 4.99 Å². The molecule has 1 atom stereocenters. The molecule has 0 aromatic heterocycles. The quantitative estimate of drug-likeness (QED) is 0.820. The molecule has 1 N–H and O–H groups in total. The summed E-state index contributed by atoms with van der Waals surface area (Å²) in [5.41, 5.74) is 0.913. The molecule has 1 aliphatic heterocycles. The van der Waals surface area contributed by atoms with Crippen molar-refractivity contribution in [2.45, 2.75) is 13.0 Å². The monoisotopic (exact) mass is 256 g/mol. The number of nitrogens with one attached hydrogen (secondary N) is 1. The summed E-state index contributed by atoms with van der Waals surface area (Å²) in [5, 5.41) is 3.23. The Morgan fingerprint density at radius 3 is 2.93 bits per heavy atom. The van der Waals surface area contributed by atoms with Gasteiger partial charge >= 0.3 is 0 Å². The van der Waals surface area contributed by atoms with Crippen molar-refractivity contribution in [1.82, 2.24) is 5.32 Å². The summed E-state index contributed by atoms with van der Waals surface area (Å²) in [6.07, 6.45) is 0. The zero-order chi connectivity index (χ0) is 10.1. The molecule has 0 fully saturated rings. The van der Waals surface area contributed by atoms with Crippen LogP contribution in [0.3, 0.4) is 0 Å². The number of aliphatic imine (C=N–C) groups is 1. The average Bonchev–Trinajstić information content (AvgIpc) is 2.51. The third kappa shape index (κ3) is 1.80. The number of hydrogen-bond acceptors (Lipinski definition) is 2. The first-order valence-electron chi connectivity index (χ1n) is 4.43. The number of amidine groups is 1. The molecule has 0 amide bonds. The molecule has 1 aliphatic rings. The van der Waals surface area contributed by atoms with Gasteiger partial charge in [-0.2, -0.15) is 0 Å². The van der Waals surface area contributed by atoms with Gasteiger partial charge in [0, 0.05) is 16.1 Å². The Bertz CT molecular complexity index is 390. The van der Waals surface area contributed by atoms with Gasteiger partial charge in [-0.25, -0.2) is 4.39 Å². The van der Waals surface area contributed by atoms with Gasteiger partial charge in [-0.3, -0.25) is 4.99 Å². The van der Waals surface area contributed by atoms with Crippen LogP contribution in [-0.2, 0) is 0 Å². The van der Waals surface area contributed by atoms with Crippen molar-refractivity contribution in [2.75, 3.05) is 6.54 Å². The van der Waals surface area contributed by atoms with Crippen molar-refractivity contribution in [1.29, 1.82) is 0 Å². The van der Waals surface area contributed by atoms with Gasteiger partial charge in [-0.05, 0) is 41.1 Å². The van der Waals surface area contributed by atoms with Gasteiger partial charge in [-0.15, -0.1) is 0 Å². The van der Waals surface area contributed by atoms with E-state index in [0.29, 0.717) is 6.04 Å². The van der Waals surface area contributed by atoms with Crippen LogP contribution in [0.15, 0.2) is 27.7 Å². The molecule has 0 radical (unpaired) electrons. The highest BCUT2D eigenvalue weighted by Crippen LogP contribution is 2.19. The molecule has 1 heterocycles. The number of nitrogens with zero attached hydrogens (tertiary/aromatic N) is 1. The minimum absolute atomic E-state index is 0.243. The van der Waals surface area contributed by atoms with E-state index in [9.17, 15) is 4.39 Å². The average molecular weight is 257 g/mol. The Kier molecular flexibility index (Phi) is 2.54. The van der Waals surface area contributed by atoms with Crippen LogP contribution in [0.1, 0.15) is 12.5 Å². The molecule has 0 saturated carbocycles. The molecule has 2 nitrogen and oxygen atoms in total. The molecule has 74 valence electrons. The zero-order valence-corrected chi connectivity index (χ0v) is 9.31. The summed E-state index contributed by atoms with van der Waals surface area (Å²) >= 11 is 3.32. The third-order valence-electron chi connectivity index (χ3n) is 2.09. The summed E-state index contributed by atoms with van der Waals surface area (Å²) in [7, 11) is 0. The topological polar surface area (TPSA) is 24.4 Å². The lowest BCUT2D eigenvalue weighted by Crippen LogP contribution is -2.27. The minimum Gasteiger partial charge on any atom is -0.366 e. The zero-order valence-electron chi connectivity index (χ0n) is 7.72. The van der Waals surface area contributed by atoms with Gasteiger partial charge in [-0.1, -0.05) is 0 Å². The molecular formula is C10H10BrFN2. The predicted octanol–water partition coefficient (Wildman–Crippen LogP) is 2.33. The Hall–Kier alpha value is -0.900. The Labute approximate surface area is 90.4 Å². The van der Waals surface area contributed by atoms with Crippen molar-refractivity contribution in [3.8, 4) is 0 Å². The van der Waals surface area contributed by atoms with E-state index in [0.717, 1.165) is 22.4 Å². The third-order valence-corrected chi connectivity index (χ3v) is 2.75. The first-order chi connectivity index (χ1) is 6.66. The fourth-order valence-corrected chi connectivity index (χ4v) is 1.94. The van der Waals surface area contributed by atoms with Crippen molar-refractivity contribution in [3.63, 3.8) is 0 Å². The SMILES string of the molecule is CC1CN=C(c2ccc(F)cc2Br)N1. The van der Waals surface area contributed by atoms with E-state index in [2.05, 4.69) is 33.2 Å². The molecule has 14 heavy (non-hydrogen) atoms. The molecular weight excluding hydrogens is 247 g/mol. The van der Waals surface area contributed by atoms with Gasteiger partial charge in [0.25, 0.3) is 0 Å². The van der Waals surface area contributed by atoms with Crippen LogP contribution in [0.25, 0.3) is 0 Å². The molecule has 0 bridgehead atoms. The fourth-order valence-electron chi connectivity index (χ4n) is 1.40. The Morgan fingerprint density at radius 2 is 2.36 bits per heavy atom. The highest BCUT2D eigenvalue weighted by atomic mass is 79.9. The van der Waals surface area contributed by atoms with E-state index in [4.69, 9.17) is 0 Å². The Morgan fingerprint density at radius 1 is 1.57 bits per heavy atom. The van der Waals surface area contributed by atoms with Gasteiger partial charge in [0.2, 0.25) is 0 Å². The lowest BCUT2D eigenvalue weighted by atomic mass is 10.2. The van der Waals surface area contributed by atoms with E-state index in [1.165, 1.54) is 12.1 Å². The van der Waals surface area contributed by atoms with E-state index < -0.39 is 0 Å². The lowest BCUT2D eigenvalue weighted by Gasteiger charge is -2.07. The second-order valence-corrected chi connectivity index (χ2v) is 4.21. The largest absolute Gasteiger partial charge is 0.366 e. The summed E-state index contributed by atoms with van der Waals surface area (Å²) in [5.74, 6) is 0.594. The highest BCUT2D eigenvalue weighted by molar-refractivity contribution is 9.10. The van der Waals surface area contributed by atoms with Crippen LogP contribution in [-0.4, -0.2) is 18.4 Å². The van der Waals surface area contributed by atoms with Crippen molar-refractivity contribution < 1.29 is 4.39 Å². The number of rotatable bonds is 1. The lowest BCUT2D eigenvalue weighted by molar-refractivity contribution is 0.627. The summed E-state index contributed by atoms with van der Waals surface area (Å²) in [6.45, 7) is 2.84. The maximum atomic E-state index is 12.8. The standard InChI is InChI=1S/C10H10BrFN2/c1-6-5-13-10(14-6)8-3-2-7(12)4-9(8)11/h2-4,6H,5H2,1H3,(H,13,14). The fraction of sp³-hybridized carbons (Fsp3) is 0.300. The number of hydrogen-bond donors (Lipinski definition) is 1. The van der Waals surface area contributed by atoms with Crippen LogP contribution in [0.4, 0.5) is 4.39 Å². The van der Waals surface area contributed by atoms with Crippen LogP contribution in [0.5, 0.6) is 0 Å². The number of halogens is 2. The molecule has 4 heteroatoms.